The number of aryl methyl sites for hydroxylation is 1. The highest BCUT2D eigenvalue weighted by Crippen LogP contribution is 2.51. The van der Waals surface area contributed by atoms with Gasteiger partial charge in [-0.25, -0.2) is 0 Å². The minimum absolute atomic E-state index is 0.371. The molecule has 68 valence electrons. The van der Waals surface area contributed by atoms with Gasteiger partial charge in [-0.05, 0) is 43.4 Å². The number of nitrogens with one attached hydrogen (secondary N) is 1. The second-order valence-electron chi connectivity index (χ2n) is 4.55. The summed E-state index contributed by atoms with van der Waals surface area (Å²) in [5.74, 6) is 0.958. The quantitative estimate of drug-likeness (QED) is 0.686. The largest absolute Gasteiger partial charge is 0.307 e. The van der Waals surface area contributed by atoms with Crippen LogP contribution in [0.5, 0.6) is 0 Å². The van der Waals surface area contributed by atoms with Crippen molar-refractivity contribution in [3.63, 3.8) is 0 Å². The number of rotatable bonds is 1. The maximum atomic E-state index is 3.66. The Kier molecular flexibility index (Phi) is 1.37. The van der Waals surface area contributed by atoms with Crippen LogP contribution in [0.1, 0.15) is 24.0 Å². The molecule has 1 heteroatoms. The zero-order valence-corrected chi connectivity index (χ0v) is 8.01. The van der Waals surface area contributed by atoms with Crippen LogP contribution in [0.25, 0.3) is 0 Å². The highest BCUT2D eigenvalue weighted by molar-refractivity contribution is 5.37. The maximum Gasteiger partial charge on any atom is 0.0443 e. The van der Waals surface area contributed by atoms with Gasteiger partial charge in [0.25, 0.3) is 0 Å². The maximum absolute atomic E-state index is 3.66. The van der Waals surface area contributed by atoms with Crippen molar-refractivity contribution >= 4 is 0 Å². The number of fused-ring (bicyclic) bond motifs is 1. The minimum Gasteiger partial charge on any atom is -0.307 e. The Balaban J connectivity index is 2.05. The number of hydrogen-bond donors (Lipinski definition) is 1. The third-order valence-corrected chi connectivity index (χ3v) is 3.66. The predicted molar refractivity (Wildman–Crippen MR) is 53.6 cm³/mol. The molecule has 0 unspecified atom stereocenters. The number of benzene rings is 1. The lowest BCUT2D eigenvalue weighted by molar-refractivity contribution is 0.228. The van der Waals surface area contributed by atoms with Crippen molar-refractivity contribution in [2.24, 2.45) is 5.92 Å². The number of hydrogen-bond acceptors (Lipinski definition) is 1. The Bertz CT molecular complexity index is 331. The molecule has 0 radical (unpaired) electrons. The van der Waals surface area contributed by atoms with Gasteiger partial charge in [-0.1, -0.05) is 24.3 Å². The van der Waals surface area contributed by atoms with Crippen molar-refractivity contribution in [2.45, 2.75) is 25.3 Å². The van der Waals surface area contributed by atoms with Gasteiger partial charge in [0.05, 0.1) is 0 Å². The first-order valence-corrected chi connectivity index (χ1v) is 5.11. The molecule has 1 aromatic carbocycles. The molecule has 13 heavy (non-hydrogen) atoms. The summed E-state index contributed by atoms with van der Waals surface area (Å²) in [4.78, 5) is 0. The summed E-state index contributed by atoms with van der Waals surface area (Å²) in [5.41, 5.74) is 3.34. The summed E-state index contributed by atoms with van der Waals surface area (Å²) in [7, 11) is 0. The lowest BCUT2D eigenvalue weighted by Crippen LogP contribution is -2.40. The van der Waals surface area contributed by atoms with Crippen LogP contribution in [0.15, 0.2) is 24.3 Å². The van der Waals surface area contributed by atoms with Crippen LogP contribution in [0.3, 0.4) is 0 Å². The molecule has 3 aliphatic rings. The van der Waals surface area contributed by atoms with E-state index in [1.807, 2.05) is 0 Å². The molecule has 0 atom stereocenters. The minimum atomic E-state index is 0.371. The molecule has 1 saturated carbocycles. The van der Waals surface area contributed by atoms with E-state index >= 15 is 0 Å². The van der Waals surface area contributed by atoms with Gasteiger partial charge in [-0.2, -0.15) is 0 Å². The molecule has 0 amide bonds. The Morgan fingerprint density at radius 1 is 1.31 bits per heavy atom. The third kappa shape index (κ3) is 0.910. The van der Waals surface area contributed by atoms with Gasteiger partial charge < -0.3 is 5.32 Å². The molecule has 2 saturated heterocycles. The van der Waals surface area contributed by atoms with E-state index in [2.05, 4.69) is 36.5 Å². The van der Waals surface area contributed by atoms with Gasteiger partial charge >= 0.3 is 0 Å². The Morgan fingerprint density at radius 3 is 2.69 bits per heavy atom. The van der Waals surface area contributed by atoms with Crippen LogP contribution in [0, 0.1) is 12.8 Å². The third-order valence-electron chi connectivity index (χ3n) is 3.66. The topological polar surface area (TPSA) is 12.0 Å². The first kappa shape index (κ1) is 7.57. The van der Waals surface area contributed by atoms with Crippen LogP contribution in [-0.4, -0.2) is 6.54 Å². The van der Waals surface area contributed by atoms with Gasteiger partial charge in [0.15, 0.2) is 0 Å². The fourth-order valence-corrected chi connectivity index (χ4v) is 2.98. The predicted octanol–water partition coefficient (Wildman–Crippen LogP) is 2.20. The highest BCUT2D eigenvalue weighted by atomic mass is 15.1. The average molecular weight is 173 g/mol. The van der Waals surface area contributed by atoms with Crippen molar-refractivity contribution in [1.82, 2.24) is 5.32 Å². The van der Waals surface area contributed by atoms with E-state index in [9.17, 15) is 0 Å². The summed E-state index contributed by atoms with van der Waals surface area (Å²) in [6.45, 7) is 3.45. The summed E-state index contributed by atoms with van der Waals surface area (Å²) in [6.07, 6.45) is 2.72. The van der Waals surface area contributed by atoms with E-state index in [1.165, 1.54) is 30.5 Å². The van der Waals surface area contributed by atoms with Crippen molar-refractivity contribution in [1.29, 1.82) is 0 Å². The van der Waals surface area contributed by atoms with Gasteiger partial charge in [-0.15, -0.1) is 0 Å². The van der Waals surface area contributed by atoms with Crippen LogP contribution < -0.4 is 5.32 Å². The van der Waals surface area contributed by atoms with Crippen LogP contribution in [0.2, 0.25) is 0 Å². The SMILES string of the molecule is Cc1ccccc1C12CC(CN1)C2. The second kappa shape index (κ2) is 2.36. The first-order valence-electron chi connectivity index (χ1n) is 5.11. The van der Waals surface area contributed by atoms with Crippen molar-refractivity contribution < 1.29 is 0 Å². The van der Waals surface area contributed by atoms with Gasteiger partial charge in [0.1, 0.15) is 0 Å². The first-order chi connectivity index (χ1) is 6.30. The van der Waals surface area contributed by atoms with Crippen molar-refractivity contribution in [3.05, 3.63) is 35.4 Å². The monoisotopic (exact) mass is 173 g/mol. The van der Waals surface area contributed by atoms with Crippen molar-refractivity contribution in [2.75, 3.05) is 6.54 Å². The molecule has 2 aliphatic heterocycles. The molecule has 2 bridgehead atoms. The molecular formula is C12H15N. The van der Waals surface area contributed by atoms with E-state index in [0.29, 0.717) is 5.54 Å². The Labute approximate surface area is 79.2 Å². The van der Waals surface area contributed by atoms with E-state index < -0.39 is 0 Å². The fourth-order valence-electron chi connectivity index (χ4n) is 2.98. The van der Waals surface area contributed by atoms with E-state index in [0.717, 1.165) is 5.92 Å². The molecule has 3 fully saturated rings. The van der Waals surface area contributed by atoms with Crippen LogP contribution in [-0.2, 0) is 5.54 Å². The molecule has 4 rings (SSSR count). The summed E-state index contributed by atoms with van der Waals surface area (Å²) >= 11 is 0. The van der Waals surface area contributed by atoms with Gasteiger partial charge in [0.2, 0.25) is 0 Å². The van der Waals surface area contributed by atoms with Gasteiger partial charge in [-0.3, -0.25) is 0 Å². The fraction of sp³-hybridized carbons (Fsp3) is 0.500. The average Bonchev–Trinajstić information content (AvgIpc) is 2.63. The lowest BCUT2D eigenvalue weighted by atomic mass is 9.68. The normalized spacial score (nSPS) is 35.9. The summed E-state index contributed by atoms with van der Waals surface area (Å²) < 4.78 is 0. The highest BCUT2D eigenvalue weighted by Gasteiger charge is 2.51. The molecule has 1 N–H and O–H groups in total. The molecule has 1 aliphatic carbocycles. The lowest BCUT2D eigenvalue weighted by Gasteiger charge is -2.39. The second-order valence-corrected chi connectivity index (χ2v) is 4.55. The molecule has 1 aromatic rings. The Hall–Kier alpha value is -0.820. The summed E-state index contributed by atoms with van der Waals surface area (Å²) in [5, 5.41) is 3.66. The molecule has 0 spiro atoms. The Morgan fingerprint density at radius 2 is 2.08 bits per heavy atom. The molecule has 2 heterocycles. The summed E-state index contributed by atoms with van der Waals surface area (Å²) in [6, 6.07) is 8.78. The van der Waals surface area contributed by atoms with Gasteiger partial charge in [0, 0.05) is 5.54 Å². The van der Waals surface area contributed by atoms with Crippen LogP contribution >= 0.6 is 0 Å². The zero-order chi connectivity index (χ0) is 8.89. The van der Waals surface area contributed by atoms with E-state index in [-0.39, 0.29) is 0 Å². The van der Waals surface area contributed by atoms with E-state index in [4.69, 9.17) is 0 Å². The molecule has 0 aromatic heterocycles. The molecular weight excluding hydrogens is 158 g/mol. The van der Waals surface area contributed by atoms with E-state index in [1.54, 1.807) is 0 Å². The smallest absolute Gasteiger partial charge is 0.0443 e. The molecule has 1 nitrogen and oxygen atoms in total. The zero-order valence-electron chi connectivity index (χ0n) is 8.01. The van der Waals surface area contributed by atoms with Crippen molar-refractivity contribution in [3.8, 4) is 0 Å². The standard InChI is InChI=1S/C12H15N/c1-9-4-2-3-5-11(9)12-6-10(7-12)8-13-12/h2-5,10,13H,6-8H2,1H3. The van der Waals surface area contributed by atoms with Crippen LogP contribution in [0.4, 0.5) is 0 Å².